The summed E-state index contributed by atoms with van der Waals surface area (Å²) in [6, 6.07) is 10.2. The Morgan fingerprint density at radius 2 is 1.50 bits per heavy atom. The minimum absolute atomic E-state index is 0. The smallest absolute Gasteiger partial charge is 0.165 e. The van der Waals surface area contributed by atoms with Crippen LogP contribution in [0.2, 0.25) is 0 Å². The number of benzene rings is 2. The van der Waals surface area contributed by atoms with Crippen LogP contribution in [0.3, 0.4) is 0 Å². The van der Waals surface area contributed by atoms with Crippen molar-refractivity contribution in [2.45, 2.75) is 19.5 Å². The third-order valence-electron chi connectivity index (χ3n) is 4.68. The van der Waals surface area contributed by atoms with E-state index in [1.807, 2.05) is 12.1 Å². The lowest BCUT2D eigenvalue weighted by Gasteiger charge is -2.30. The van der Waals surface area contributed by atoms with E-state index in [0.717, 1.165) is 54.6 Å². The lowest BCUT2D eigenvalue weighted by Crippen LogP contribution is -2.30. The molecule has 0 unspecified atom stereocenters. The molecule has 0 saturated carbocycles. The molecule has 0 amide bonds. The number of methoxy groups -OCH3 is 4. The van der Waals surface area contributed by atoms with Crippen LogP contribution in [0.15, 0.2) is 30.3 Å². The third-order valence-corrected chi connectivity index (χ3v) is 4.68. The van der Waals surface area contributed by atoms with Gasteiger partial charge in [0.05, 0.1) is 28.4 Å². The number of ether oxygens (including phenoxy) is 4. The van der Waals surface area contributed by atoms with Gasteiger partial charge in [-0.3, -0.25) is 4.90 Å². The maximum atomic E-state index is 5.56. The van der Waals surface area contributed by atoms with Gasteiger partial charge in [-0.15, -0.1) is 12.4 Å². The molecule has 2 aromatic rings. The largest absolute Gasteiger partial charge is 0.493 e. The highest BCUT2D eigenvalue weighted by Crippen LogP contribution is 2.35. The predicted octanol–water partition coefficient (Wildman–Crippen LogP) is 3.70. The van der Waals surface area contributed by atoms with Crippen molar-refractivity contribution in [3.63, 3.8) is 0 Å². The van der Waals surface area contributed by atoms with Gasteiger partial charge in [0, 0.05) is 25.2 Å². The number of fused-ring (bicyclic) bond motifs is 1. The Bertz CT molecular complexity index is 751. The zero-order valence-electron chi connectivity index (χ0n) is 15.7. The lowest BCUT2D eigenvalue weighted by atomic mass is 9.98. The molecule has 1 heterocycles. The fourth-order valence-corrected chi connectivity index (χ4v) is 3.40. The number of halogens is 1. The Kier molecular flexibility index (Phi) is 7.00. The fraction of sp³-hybridized carbons (Fsp3) is 0.400. The molecule has 1 aliphatic heterocycles. The second-order valence-corrected chi connectivity index (χ2v) is 6.09. The van der Waals surface area contributed by atoms with Gasteiger partial charge in [-0.2, -0.15) is 0 Å². The number of nitrogens with zero attached hydrogens (tertiary/aromatic N) is 1. The SMILES string of the molecule is COc1cc2c(cc1OC)CN(Cc1cccc(OC)c1OC)CC2.Cl. The Morgan fingerprint density at radius 3 is 2.12 bits per heavy atom. The summed E-state index contributed by atoms with van der Waals surface area (Å²) in [6.45, 7) is 2.67. The van der Waals surface area contributed by atoms with Gasteiger partial charge < -0.3 is 18.9 Å². The minimum Gasteiger partial charge on any atom is -0.493 e. The van der Waals surface area contributed by atoms with E-state index in [1.165, 1.54) is 11.1 Å². The lowest BCUT2D eigenvalue weighted by molar-refractivity contribution is 0.239. The first-order valence-electron chi connectivity index (χ1n) is 8.36. The molecule has 0 atom stereocenters. The van der Waals surface area contributed by atoms with Gasteiger partial charge in [0.15, 0.2) is 23.0 Å². The van der Waals surface area contributed by atoms with Gasteiger partial charge in [0.1, 0.15) is 0 Å². The molecule has 142 valence electrons. The van der Waals surface area contributed by atoms with Crippen molar-refractivity contribution >= 4 is 12.4 Å². The van der Waals surface area contributed by atoms with Crippen molar-refractivity contribution < 1.29 is 18.9 Å². The number of hydrogen-bond acceptors (Lipinski definition) is 5. The summed E-state index contributed by atoms with van der Waals surface area (Å²) < 4.78 is 21.8. The number of para-hydroxylation sites is 1. The van der Waals surface area contributed by atoms with Crippen LogP contribution in [0.4, 0.5) is 0 Å². The quantitative estimate of drug-likeness (QED) is 0.765. The molecule has 26 heavy (non-hydrogen) atoms. The van der Waals surface area contributed by atoms with Gasteiger partial charge in [0.25, 0.3) is 0 Å². The Morgan fingerprint density at radius 1 is 0.846 bits per heavy atom. The molecule has 0 N–H and O–H groups in total. The summed E-state index contributed by atoms with van der Waals surface area (Å²) in [7, 11) is 6.70. The van der Waals surface area contributed by atoms with Crippen LogP contribution in [0.5, 0.6) is 23.0 Å². The molecule has 1 aliphatic rings. The summed E-state index contributed by atoms with van der Waals surface area (Å²) in [5.41, 5.74) is 3.74. The van der Waals surface area contributed by atoms with Crippen LogP contribution < -0.4 is 18.9 Å². The minimum atomic E-state index is 0. The van der Waals surface area contributed by atoms with Crippen molar-refractivity contribution in [2.75, 3.05) is 35.0 Å². The van der Waals surface area contributed by atoms with Crippen LogP contribution in [0, 0.1) is 0 Å². The van der Waals surface area contributed by atoms with Crippen LogP contribution in [-0.4, -0.2) is 39.9 Å². The van der Waals surface area contributed by atoms with Gasteiger partial charge in [-0.05, 0) is 35.7 Å². The van der Waals surface area contributed by atoms with Gasteiger partial charge >= 0.3 is 0 Å². The molecule has 5 nitrogen and oxygen atoms in total. The van der Waals surface area contributed by atoms with Crippen LogP contribution in [0.1, 0.15) is 16.7 Å². The summed E-state index contributed by atoms with van der Waals surface area (Å²) in [5.74, 6) is 3.15. The maximum Gasteiger partial charge on any atom is 0.165 e. The topological polar surface area (TPSA) is 40.2 Å². The number of rotatable bonds is 6. The van der Waals surface area contributed by atoms with Crippen LogP contribution in [0.25, 0.3) is 0 Å². The fourth-order valence-electron chi connectivity index (χ4n) is 3.40. The van der Waals surface area contributed by atoms with E-state index in [1.54, 1.807) is 28.4 Å². The molecule has 0 fully saturated rings. The van der Waals surface area contributed by atoms with Crippen LogP contribution >= 0.6 is 12.4 Å². The monoisotopic (exact) mass is 379 g/mol. The number of hydrogen-bond donors (Lipinski definition) is 0. The van der Waals surface area contributed by atoms with Crippen molar-refractivity contribution in [1.29, 1.82) is 0 Å². The standard InChI is InChI=1S/C20H25NO4.ClH/c1-22-17-7-5-6-15(20(17)25-4)12-21-9-8-14-10-18(23-2)19(24-3)11-16(14)13-21;/h5-7,10-11H,8-9,12-13H2,1-4H3;1H. The molecule has 0 aliphatic carbocycles. The highest BCUT2D eigenvalue weighted by atomic mass is 35.5. The predicted molar refractivity (Wildman–Crippen MR) is 104 cm³/mol. The molecule has 0 saturated heterocycles. The molecule has 2 aromatic carbocycles. The molecule has 0 radical (unpaired) electrons. The zero-order valence-corrected chi connectivity index (χ0v) is 16.5. The second-order valence-electron chi connectivity index (χ2n) is 6.09. The Labute approximate surface area is 161 Å². The second kappa shape index (κ2) is 9.01. The van der Waals surface area contributed by atoms with Crippen molar-refractivity contribution in [2.24, 2.45) is 0 Å². The summed E-state index contributed by atoms with van der Waals surface area (Å²) >= 11 is 0. The van der Waals surface area contributed by atoms with Gasteiger partial charge in [0.2, 0.25) is 0 Å². The van der Waals surface area contributed by atoms with E-state index in [4.69, 9.17) is 18.9 Å². The van der Waals surface area contributed by atoms with E-state index in [2.05, 4.69) is 23.1 Å². The van der Waals surface area contributed by atoms with Gasteiger partial charge in [-0.1, -0.05) is 12.1 Å². The van der Waals surface area contributed by atoms with E-state index in [9.17, 15) is 0 Å². The Hall–Kier alpha value is -2.11. The summed E-state index contributed by atoms with van der Waals surface area (Å²) in [6.07, 6.45) is 0.988. The summed E-state index contributed by atoms with van der Waals surface area (Å²) in [5, 5.41) is 0. The average Bonchev–Trinajstić information content (AvgIpc) is 2.66. The third kappa shape index (κ3) is 4.00. The molecule has 6 heteroatoms. The molecular weight excluding hydrogens is 354 g/mol. The van der Waals surface area contributed by atoms with E-state index in [0.29, 0.717) is 0 Å². The van der Waals surface area contributed by atoms with E-state index < -0.39 is 0 Å². The van der Waals surface area contributed by atoms with E-state index in [-0.39, 0.29) is 12.4 Å². The van der Waals surface area contributed by atoms with Crippen molar-refractivity contribution in [3.05, 3.63) is 47.0 Å². The van der Waals surface area contributed by atoms with Crippen LogP contribution in [-0.2, 0) is 19.5 Å². The van der Waals surface area contributed by atoms with Crippen molar-refractivity contribution in [1.82, 2.24) is 4.90 Å². The van der Waals surface area contributed by atoms with Gasteiger partial charge in [-0.25, -0.2) is 0 Å². The van der Waals surface area contributed by atoms with Crippen molar-refractivity contribution in [3.8, 4) is 23.0 Å². The molecule has 0 bridgehead atoms. The first-order chi connectivity index (χ1) is 12.2. The van der Waals surface area contributed by atoms with E-state index >= 15 is 0 Å². The Balaban J connectivity index is 0.00000243. The summed E-state index contributed by atoms with van der Waals surface area (Å²) in [4.78, 5) is 2.41. The first-order valence-corrected chi connectivity index (χ1v) is 8.36. The zero-order chi connectivity index (χ0) is 17.8. The highest BCUT2D eigenvalue weighted by molar-refractivity contribution is 5.85. The molecular formula is C20H26ClNO4. The molecule has 0 aromatic heterocycles. The maximum absolute atomic E-state index is 5.56. The molecule has 0 spiro atoms. The normalized spacial score (nSPS) is 13.4. The first kappa shape index (κ1) is 20.2. The average molecular weight is 380 g/mol. The highest BCUT2D eigenvalue weighted by Gasteiger charge is 2.21. The molecule has 3 rings (SSSR count).